The highest BCUT2D eigenvalue weighted by atomic mass is 35.5. The molecule has 0 saturated heterocycles. The smallest absolute Gasteiger partial charge is 0.128 e. The van der Waals surface area contributed by atoms with Gasteiger partial charge >= 0.3 is 0 Å². The van der Waals surface area contributed by atoms with Crippen molar-refractivity contribution in [1.82, 2.24) is 14.5 Å². The maximum atomic E-state index is 13.7. The van der Waals surface area contributed by atoms with Crippen molar-refractivity contribution in [3.63, 3.8) is 0 Å². The Balaban J connectivity index is 2.38. The van der Waals surface area contributed by atoms with Crippen LogP contribution in [0, 0.1) is 12.7 Å². The highest BCUT2D eigenvalue weighted by molar-refractivity contribution is 6.17. The SMILES string of the molecule is Cc1cc2c(cc1F)nc(CCCl)n2CCN(C)C(C)C. The summed E-state index contributed by atoms with van der Waals surface area (Å²) in [7, 11) is 2.11. The van der Waals surface area contributed by atoms with Crippen molar-refractivity contribution in [1.29, 1.82) is 0 Å². The van der Waals surface area contributed by atoms with Crippen LogP contribution in [0.5, 0.6) is 0 Å². The molecule has 0 N–H and O–H groups in total. The van der Waals surface area contributed by atoms with E-state index in [1.54, 1.807) is 6.92 Å². The lowest BCUT2D eigenvalue weighted by atomic mass is 10.2. The van der Waals surface area contributed by atoms with Crippen LogP contribution in [-0.4, -0.2) is 40.0 Å². The van der Waals surface area contributed by atoms with Gasteiger partial charge in [0.1, 0.15) is 11.6 Å². The van der Waals surface area contributed by atoms with E-state index in [-0.39, 0.29) is 5.82 Å². The molecule has 2 aromatic rings. The van der Waals surface area contributed by atoms with Crippen LogP contribution in [0.15, 0.2) is 12.1 Å². The maximum absolute atomic E-state index is 13.7. The highest BCUT2D eigenvalue weighted by Gasteiger charge is 2.13. The van der Waals surface area contributed by atoms with Crippen LogP contribution in [0.3, 0.4) is 0 Å². The Hall–Kier alpha value is -1.13. The van der Waals surface area contributed by atoms with Gasteiger partial charge in [-0.25, -0.2) is 9.37 Å². The molecule has 0 saturated carbocycles. The summed E-state index contributed by atoms with van der Waals surface area (Å²) >= 11 is 5.87. The highest BCUT2D eigenvalue weighted by Crippen LogP contribution is 2.21. The second-order valence-corrected chi connectivity index (χ2v) is 6.16. The first-order valence-electron chi connectivity index (χ1n) is 7.35. The first kappa shape index (κ1) is 16.2. The van der Waals surface area contributed by atoms with Gasteiger partial charge in [-0.15, -0.1) is 11.6 Å². The number of hydrogen-bond acceptors (Lipinski definition) is 2. The van der Waals surface area contributed by atoms with Gasteiger partial charge in [-0.1, -0.05) is 0 Å². The van der Waals surface area contributed by atoms with Gasteiger partial charge in [-0.3, -0.25) is 0 Å². The van der Waals surface area contributed by atoms with E-state index in [9.17, 15) is 4.39 Å². The molecule has 0 fully saturated rings. The molecule has 116 valence electrons. The van der Waals surface area contributed by atoms with Crippen molar-refractivity contribution >= 4 is 22.6 Å². The van der Waals surface area contributed by atoms with Gasteiger partial charge in [0.2, 0.25) is 0 Å². The van der Waals surface area contributed by atoms with Crippen LogP contribution in [0.1, 0.15) is 25.2 Å². The average Bonchev–Trinajstić information content (AvgIpc) is 2.74. The Labute approximate surface area is 130 Å². The van der Waals surface area contributed by atoms with Gasteiger partial charge in [0.25, 0.3) is 0 Å². The number of rotatable bonds is 6. The van der Waals surface area contributed by atoms with Gasteiger partial charge in [-0.2, -0.15) is 0 Å². The summed E-state index contributed by atoms with van der Waals surface area (Å²) in [6.07, 6.45) is 0.697. The summed E-state index contributed by atoms with van der Waals surface area (Å²) in [5.74, 6) is 1.25. The quantitative estimate of drug-likeness (QED) is 0.760. The minimum Gasteiger partial charge on any atom is -0.327 e. The number of likely N-dealkylation sites (N-methyl/N-ethyl adjacent to an activating group) is 1. The van der Waals surface area contributed by atoms with Crippen molar-refractivity contribution in [2.75, 3.05) is 19.5 Å². The van der Waals surface area contributed by atoms with Crippen LogP contribution in [0.2, 0.25) is 0 Å². The van der Waals surface area contributed by atoms with Gasteiger partial charge in [-0.05, 0) is 39.4 Å². The molecule has 0 spiro atoms. The number of alkyl halides is 1. The van der Waals surface area contributed by atoms with Crippen molar-refractivity contribution < 1.29 is 4.39 Å². The third-order valence-corrected chi connectivity index (χ3v) is 4.17. The third-order valence-electron chi connectivity index (χ3n) is 3.98. The molecule has 0 radical (unpaired) electrons. The number of halogens is 2. The minimum absolute atomic E-state index is 0.205. The van der Waals surface area contributed by atoms with E-state index in [1.165, 1.54) is 6.07 Å². The van der Waals surface area contributed by atoms with Crippen LogP contribution >= 0.6 is 11.6 Å². The molecule has 2 rings (SSSR count). The lowest BCUT2D eigenvalue weighted by Gasteiger charge is -2.21. The maximum Gasteiger partial charge on any atom is 0.128 e. The molecule has 5 heteroatoms. The molecule has 21 heavy (non-hydrogen) atoms. The number of hydrogen-bond donors (Lipinski definition) is 0. The van der Waals surface area contributed by atoms with Crippen LogP contribution in [-0.2, 0) is 13.0 Å². The Morgan fingerprint density at radius 2 is 2.10 bits per heavy atom. The van der Waals surface area contributed by atoms with Gasteiger partial charge in [0, 0.05) is 37.5 Å². The number of aryl methyl sites for hydroxylation is 2. The Morgan fingerprint density at radius 3 is 2.71 bits per heavy atom. The molecule has 0 aliphatic heterocycles. The number of nitrogens with zero attached hydrogens (tertiary/aromatic N) is 3. The predicted molar refractivity (Wildman–Crippen MR) is 86.6 cm³/mol. The topological polar surface area (TPSA) is 21.1 Å². The molecule has 1 aromatic heterocycles. The van der Waals surface area contributed by atoms with Crippen molar-refractivity contribution in [3.8, 4) is 0 Å². The van der Waals surface area contributed by atoms with E-state index in [0.29, 0.717) is 29.4 Å². The molecule has 0 aliphatic carbocycles. The summed E-state index contributed by atoms with van der Waals surface area (Å²) in [5.41, 5.74) is 2.36. The summed E-state index contributed by atoms with van der Waals surface area (Å²) < 4.78 is 15.9. The lowest BCUT2D eigenvalue weighted by molar-refractivity contribution is 0.263. The number of imidazole rings is 1. The third kappa shape index (κ3) is 3.55. The number of aromatic nitrogens is 2. The monoisotopic (exact) mass is 311 g/mol. The Morgan fingerprint density at radius 1 is 1.38 bits per heavy atom. The number of benzene rings is 1. The molecule has 0 atom stereocenters. The molecule has 0 aliphatic rings. The average molecular weight is 312 g/mol. The summed E-state index contributed by atoms with van der Waals surface area (Å²) in [4.78, 5) is 6.83. The fourth-order valence-corrected chi connectivity index (χ4v) is 2.51. The molecule has 0 unspecified atom stereocenters. The molecular formula is C16H23ClFN3. The molecule has 0 amide bonds. The summed E-state index contributed by atoms with van der Waals surface area (Å²) in [6.45, 7) is 7.89. The molecular weight excluding hydrogens is 289 g/mol. The summed E-state index contributed by atoms with van der Waals surface area (Å²) in [5, 5.41) is 0. The molecule has 3 nitrogen and oxygen atoms in total. The zero-order valence-corrected chi connectivity index (χ0v) is 13.9. The zero-order valence-electron chi connectivity index (χ0n) is 13.2. The van der Waals surface area contributed by atoms with Crippen LogP contribution in [0.4, 0.5) is 4.39 Å². The fourth-order valence-electron chi connectivity index (χ4n) is 2.34. The van der Waals surface area contributed by atoms with E-state index in [0.717, 1.165) is 24.4 Å². The normalized spacial score (nSPS) is 12.0. The molecule has 1 heterocycles. The first-order valence-corrected chi connectivity index (χ1v) is 7.89. The van der Waals surface area contributed by atoms with E-state index in [1.807, 2.05) is 6.07 Å². The Bertz CT molecular complexity index is 621. The van der Waals surface area contributed by atoms with Crippen molar-refractivity contribution in [2.24, 2.45) is 0 Å². The van der Waals surface area contributed by atoms with E-state index in [2.05, 4.69) is 35.3 Å². The standard InChI is InChI=1S/C16H23ClFN3/c1-11(2)20(4)7-8-21-15-9-12(3)13(18)10-14(15)19-16(21)5-6-17/h9-11H,5-8H2,1-4H3. The Kier molecular flexibility index (Phi) is 5.22. The van der Waals surface area contributed by atoms with E-state index >= 15 is 0 Å². The van der Waals surface area contributed by atoms with Crippen LogP contribution in [0.25, 0.3) is 11.0 Å². The molecule has 1 aromatic carbocycles. The first-order chi connectivity index (χ1) is 9.93. The lowest BCUT2D eigenvalue weighted by Crippen LogP contribution is -2.30. The summed E-state index contributed by atoms with van der Waals surface area (Å²) in [6, 6.07) is 3.89. The molecule has 0 bridgehead atoms. The van der Waals surface area contributed by atoms with E-state index < -0.39 is 0 Å². The van der Waals surface area contributed by atoms with Crippen molar-refractivity contribution in [2.45, 2.75) is 39.8 Å². The second-order valence-electron chi connectivity index (χ2n) is 5.78. The van der Waals surface area contributed by atoms with Gasteiger partial charge in [0.05, 0.1) is 11.0 Å². The minimum atomic E-state index is -0.205. The fraction of sp³-hybridized carbons (Fsp3) is 0.562. The van der Waals surface area contributed by atoms with Crippen LogP contribution < -0.4 is 0 Å². The second kappa shape index (κ2) is 6.75. The zero-order chi connectivity index (χ0) is 15.6. The predicted octanol–water partition coefficient (Wildman–Crippen LogP) is 3.61. The largest absolute Gasteiger partial charge is 0.327 e. The van der Waals surface area contributed by atoms with Gasteiger partial charge in [0.15, 0.2) is 0 Å². The van der Waals surface area contributed by atoms with Gasteiger partial charge < -0.3 is 9.47 Å². The number of fused-ring (bicyclic) bond motifs is 1. The van der Waals surface area contributed by atoms with Crippen molar-refractivity contribution in [3.05, 3.63) is 29.3 Å². The van der Waals surface area contributed by atoms with E-state index in [4.69, 9.17) is 11.6 Å².